The normalized spacial score (nSPS) is 2.00. The third kappa shape index (κ3) is 2360. The molecule has 0 saturated heterocycles. The van der Waals surface area contributed by atoms with E-state index in [0.29, 0.717) is 6.26 Å². The quantitative estimate of drug-likeness (QED) is 0.261. The van der Waals surface area contributed by atoms with E-state index in [1.165, 1.54) is 0 Å². The van der Waals surface area contributed by atoms with Gasteiger partial charge in [0.05, 0.1) is 0 Å². The Labute approximate surface area is 83.4 Å². The zero-order valence-electron chi connectivity index (χ0n) is 3.75. The van der Waals surface area contributed by atoms with Crippen LogP contribution in [0.4, 0.5) is 0 Å². The van der Waals surface area contributed by atoms with Gasteiger partial charge in [0.1, 0.15) is 0 Å². The molecule has 1 N–H and O–H groups in total. The van der Waals surface area contributed by atoms with Crippen molar-refractivity contribution in [3.63, 3.8) is 0 Å². The van der Waals surface area contributed by atoms with Crippen LogP contribution in [0.2, 0.25) is 0 Å². The van der Waals surface area contributed by atoms with Crippen LogP contribution in [0.3, 0.4) is 0 Å². The van der Waals surface area contributed by atoms with Gasteiger partial charge in [0.2, 0.25) is 0 Å². The molecule has 0 amide bonds. The molecule has 0 bridgehead atoms. The minimum absolute atomic E-state index is 0. The van der Waals surface area contributed by atoms with Gasteiger partial charge in [-0.2, -0.15) is 5.26 Å². The molecule has 32 valence electrons. The topological polar surface area (TPSA) is 90.9 Å². The van der Waals surface area contributed by atoms with Gasteiger partial charge >= 0.3 is 51.4 Å². The molecule has 7 heavy (non-hydrogen) atoms. The van der Waals surface area contributed by atoms with Crippen LogP contribution in [-0.2, 0) is 0 Å². The third-order valence-corrected chi connectivity index (χ3v) is 0. The van der Waals surface area contributed by atoms with Crippen molar-refractivity contribution in [2.75, 3.05) is 0 Å². The fraction of sp³-hybridized carbons (Fsp3) is 0. The SMILES string of the molecule is N#CO.N#C[O-].[K+]. The maximum absolute atomic E-state index is 8.24. The average molecular weight is 124 g/mol. The smallest absolute Gasteiger partial charge is 0.812 e. The summed E-state index contributed by atoms with van der Waals surface area (Å²) in [4.78, 5) is 0. The van der Waals surface area contributed by atoms with E-state index < -0.39 is 0 Å². The van der Waals surface area contributed by atoms with Crippen molar-refractivity contribution in [2.45, 2.75) is 0 Å². The summed E-state index contributed by atoms with van der Waals surface area (Å²) in [6.07, 6.45) is 1.25. The first-order valence-electron chi connectivity index (χ1n) is 0.875. The van der Waals surface area contributed by atoms with Gasteiger partial charge in [-0.1, -0.05) is 0 Å². The first kappa shape index (κ1) is 15.7. The molecule has 0 atom stereocenters. The van der Waals surface area contributed by atoms with Crippen LogP contribution in [0.5, 0.6) is 0 Å². The predicted molar refractivity (Wildman–Crippen MR) is 13.2 cm³/mol. The Kier molecular flexibility index (Phi) is 77.2. The summed E-state index contributed by atoms with van der Waals surface area (Å²) in [6, 6.07) is 0. The molecule has 0 aliphatic rings. The zero-order chi connectivity index (χ0) is 5.41. The van der Waals surface area contributed by atoms with Crippen LogP contribution < -0.4 is 56.5 Å². The van der Waals surface area contributed by atoms with E-state index in [2.05, 4.69) is 0 Å². The van der Waals surface area contributed by atoms with Gasteiger partial charge in [-0.15, -0.1) is 0 Å². The van der Waals surface area contributed by atoms with Crippen molar-refractivity contribution < 1.29 is 61.6 Å². The molecule has 4 nitrogen and oxygen atoms in total. The van der Waals surface area contributed by atoms with Crippen LogP contribution in [0.15, 0.2) is 0 Å². The monoisotopic (exact) mass is 124 g/mol. The van der Waals surface area contributed by atoms with Gasteiger partial charge in [-0.25, -0.2) is 5.26 Å². The Balaban J connectivity index is -0.0000000400. The van der Waals surface area contributed by atoms with Crippen molar-refractivity contribution in [1.29, 1.82) is 10.5 Å². The number of aliphatic hydroxyl groups is 1. The van der Waals surface area contributed by atoms with Gasteiger partial charge in [-0.05, 0) is 0 Å². The minimum Gasteiger partial charge on any atom is -0.812 e. The molecule has 0 heterocycles. The van der Waals surface area contributed by atoms with E-state index in [1.807, 2.05) is 0 Å². The summed E-state index contributed by atoms with van der Waals surface area (Å²) in [6.45, 7) is 0. The zero-order valence-corrected chi connectivity index (χ0v) is 6.87. The molecule has 0 aliphatic carbocycles. The van der Waals surface area contributed by atoms with Crippen molar-refractivity contribution in [3.8, 4) is 12.5 Å². The second-order valence-electron chi connectivity index (χ2n) is 0.191. The van der Waals surface area contributed by atoms with Gasteiger partial charge < -0.3 is 10.2 Å². The number of nitrogens with zero attached hydrogens (tertiary/aromatic N) is 2. The number of rotatable bonds is 0. The Hall–Kier alpha value is 0.216. The van der Waals surface area contributed by atoms with E-state index in [9.17, 15) is 0 Å². The van der Waals surface area contributed by atoms with E-state index >= 15 is 0 Å². The largest absolute Gasteiger partial charge is 1.00 e. The summed E-state index contributed by atoms with van der Waals surface area (Å²) >= 11 is 0. The molecule has 0 radical (unpaired) electrons. The van der Waals surface area contributed by atoms with E-state index in [1.54, 1.807) is 0 Å². The molecular formula is C2HKN2O2. The van der Waals surface area contributed by atoms with Crippen molar-refractivity contribution in [1.82, 2.24) is 0 Å². The number of hydrogen-bond acceptors (Lipinski definition) is 4. The fourth-order valence-electron chi connectivity index (χ4n) is 0. The second kappa shape index (κ2) is 34.4. The molecule has 0 unspecified atom stereocenters. The van der Waals surface area contributed by atoms with Gasteiger partial charge in [0, 0.05) is 6.26 Å². The molecule has 0 spiro atoms. The fourth-order valence-corrected chi connectivity index (χ4v) is 0. The first-order valence-corrected chi connectivity index (χ1v) is 0.875. The van der Waals surface area contributed by atoms with Gasteiger partial charge in [0.15, 0.2) is 0 Å². The molecule has 0 fully saturated rings. The van der Waals surface area contributed by atoms with Crippen molar-refractivity contribution in [3.05, 3.63) is 0 Å². The second-order valence-corrected chi connectivity index (χ2v) is 0.191. The maximum atomic E-state index is 8.24. The van der Waals surface area contributed by atoms with Crippen molar-refractivity contribution >= 4 is 0 Å². The molecule has 0 aromatic rings. The Morgan fingerprint density at radius 1 is 1.43 bits per heavy atom. The molecule has 0 aromatic heterocycles. The molecule has 0 aliphatic heterocycles. The van der Waals surface area contributed by atoms with E-state index in [0.717, 1.165) is 6.26 Å². The Morgan fingerprint density at radius 2 is 1.43 bits per heavy atom. The number of hydrogen-bond donors (Lipinski definition) is 1. The molecule has 0 saturated carbocycles. The summed E-state index contributed by atoms with van der Waals surface area (Å²) in [5.41, 5.74) is 0. The Bertz CT molecular complexity index is 68.7. The molecular weight excluding hydrogens is 123 g/mol. The van der Waals surface area contributed by atoms with Gasteiger partial charge in [0.25, 0.3) is 6.26 Å². The summed E-state index contributed by atoms with van der Waals surface area (Å²) in [7, 11) is 0. The summed E-state index contributed by atoms with van der Waals surface area (Å²) < 4.78 is 0. The van der Waals surface area contributed by atoms with Gasteiger partial charge in [-0.3, -0.25) is 0 Å². The summed E-state index contributed by atoms with van der Waals surface area (Å²) in [5, 5.41) is 28.8. The third-order valence-electron chi connectivity index (χ3n) is 0. The summed E-state index contributed by atoms with van der Waals surface area (Å²) in [5.74, 6) is 0. The van der Waals surface area contributed by atoms with Crippen LogP contribution >= 0.6 is 0 Å². The number of nitriles is 2. The molecule has 0 rings (SSSR count). The van der Waals surface area contributed by atoms with Crippen LogP contribution in [-0.4, -0.2) is 5.11 Å². The predicted octanol–water partition coefficient (Wildman–Crippen LogP) is -4.33. The van der Waals surface area contributed by atoms with E-state index in [-0.39, 0.29) is 51.4 Å². The first-order chi connectivity index (χ1) is 2.83. The number of aliphatic hydroxyl groups excluding tert-OH is 1. The van der Waals surface area contributed by atoms with Crippen molar-refractivity contribution in [2.24, 2.45) is 0 Å². The standard InChI is InChI=1S/2CHNO.K/c2*2-1-3;/h2*3H;/q;;+1/p-1. The maximum Gasteiger partial charge on any atom is 1.00 e. The van der Waals surface area contributed by atoms with Crippen LogP contribution in [0.25, 0.3) is 0 Å². The minimum atomic E-state index is 0. The Morgan fingerprint density at radius 3 is 1.43 bits per heavy atom. The molecule has 0 aromatic carbocycles. The van der Waals surface area contributed by atoms with E-state index in [4.69, 9.17) is 20.7 Å². The van der Waals surface area contributed by atoms with Crippen LogP contribution in [0.1, 0.15) is 0 Å². The van der Waals surface area contributed by atoms with Crippen LogP contribution in [0, 0.1) is 23.0 Å². The average Bonchev–Trinajstić information content (AvgIpc) is 1.39. The molecule has 5 heteroatoms.